The van der Waals surface area contributed by atoms with Crippen LogP contribution in [-0.4, -0.2) is 31.6 Å². The van der Waals surface area contributed by atoms with Gasteiger partial charge >= 0.3 is 5.97 Å². The first-order valence-electron chi connectivity index (χ1n) is 9.00. The van der Waals surface area contributed by atoms with Gasteiger partial charge in [0.15, 0.2) is 5.79 Å². The van der Waals surface area contributed by atoms with Crippen molar-refractivity contribution in [3.05, 3.63) is 12.2 Å². The minimum Gasteiger partial charge on any atom is -0.466 e. The summed E-state index contributed by atoms with van der Waals surface area (Å²) >= 11 is 0. The van der Waals surface area contributed by atoms with Crippen molar-refractivity contribution in [2.45, 2.75) is 65.1 Å². The third kappa shape index (κ3) is 2.45. The van der Waals surface area contributed by atoms with Crippen LogP contribution in [0.4, 0.5) is 0 Å². The Morgan fingerprint density at radius 2 is 2.00 bits per heavy atom. The third-order valence-corrected chi connectivity index (χ3v) is 6.73. The number of hydrogen-bond donors (Lipinski definition) is 0. The highest BCUT2D eigenvalue weighted by molar-refractivity contribution is 5.71. The molecule has 3 fully saturated rings. The number of fused-ring (bicyclic) bond motifs is 2. The molecule has 2 aliphatic carbocycles. The van der Waals surface area contributed by atoms with Gasteiger partial charge in [-0.2, -0.15) is 0 Å². The first-order valence-corrected chi connectivity index (χ1v) is 9.00. The number of ether oxygens (including phenoxy) is 3. The highest BCUT2D eigenvalue weighted by Crippen LogP contribution is 2.65. The van der Waals surface area contributed by atoms with Gasteiger partial charge in [0, 0.05) is 17.3 Å². The quantitative estimate of drug-likeness (QED) is 0.585. The molecule has 0 bridgehead atoms. The minimum absolute atomic E-state index is 0.0653. The topological polar surface area (TPSA) is 44.8 Å². The van der Waals surface area contributed by atoms with E-state index < -0.39 is 5.79 Å². The van der Waals surface area contributed by atoms with E-state index in [0.717, 1.165) is 32.1 Å². The smallest absolute Gasteiger partial charge is 0.306 e. The molecular formula is C19H30O4. The van der Waals surface area contributed by atoms with Crippen LogP contribution in [0.2, 0.25) is 0 Å². The summed E-state index contributed by atoms with van der Waals surface area (Å²) in [6.45, 7) is 12.5. The predicted octanol–water partition coefficient (Wildman–Crippen LogP) is 3.85. The number of carbonyl (C=O) groups is 1. The van der Waals surface area contributed by atoms with Crippen LogP contribution in [0, 0.1) is 16.7 Å². The Kier molecular flexibility index (Phi) is 4.35. The Morgan fingerprint density at radius 3 is 2.65 bits per heavy atom. The van der Waals surface area contributed by atoms with Crippen LogP contribution in [0.5, 0.6) is 0 Å². The molecule has 2 saturated carbocycles. The summed E-state index contributed by atoms with van der Waals surface area (Å²) in [5.74, 6) is -0.243. The molecule has 3 atom stereocenters. The molecule has 0 aromatic carbocycles. The monoisotopic (exact) mass is 322 g/mol. The lowest BCUT2D eigenvalue weighted by Gasteiger charge is -2.61. The van der Waals surface area contributed by atoms with Crippen molar-refractivity contribution in [1.29, 1.82) is 0 Å². The first-order chi connectivity index (χ1) is 10.9. The summed E-state index contributed by atoms with van der Waals surface area (Å²) in [4.78, 5) is 12.2. The Bertz CT molecular complexity index is 494. The molecular weight excluding hydrogens is 292 g/mol. The van der Waals surface area contributed by atoms with Gasteiger partial charge < -0.3 is 14.2 Å². The summed E-state index contributed by atoms with van der Waals surface area (Å²) in [6, 6.07) is 0. The molecule has 130 valence electrons. The van der Waals surface area contributed by atoms with Gasteiger partial charge in [0.25, 0.3) is 0 Å². The zero-order valence-electron chi connectivity index (χ0n) is 14.8. The van der Waals surface area contributed by atoms with Crippen LogP contribution in [0.25, 0.3) is 0 Å². The van der Waals surface area contributed by atoms with E-state index >= 15 is 0 Å². The van der Waals surface area contributed by atoms with Crippen LogP contribution < -0.4 is 0 Å². The molecule has 0 aromatic rings. The summed E-state index contributed by atoms with van der Waals surface area (Å²) in [5.41, 5.74) is 0.884. The molecule has 23 heavy (non-hydrogen) atoms. The van der Waals surface area contributed by atoms with E-state index in [4.69, 9.17) is 14.2 Å². The fourth-order valence-corrected chi connectivity index (χ4v) is 5.43. The van der Waals surface area contributed by atoms with Crippen LogP contribution in [0.3, 0.4) is 0 Å². The summed E-state index contributed by atoms with van der Waals surface area (Å²) in [6.07, 6.45) is 5.50. The molecule has 0 N–H and O–H groups in total. The van der Waals surface area contributed by atoms with Crippen molar-refractivity contribution in [2.24, 2.45) is 16.7 Å². The molecule has 1 spiro atoms. The number of hydrogen-bond acceptors (Lipinski definition) is 4. The van der Waals surface area contributed by atoms with Gasteiger partial charge in [-0.1, -0.05) is 26.0 Å². The lowest BCUT2D eigenvalue weighted by Crippen LogP contribution is -2.60. The standard InChI is InChI=1S/C19H30O4/c1-5-21-16(20)13-17(3)14(2)8-10-18(4)15(17)7-6-9-19(18)22-11-12-23-19/h15H,2,5-13H2,1,3-4H3/t15-,17+,18+/m0/s1. The largest absolute Gasteiger partial charge is 0.466 e. The number of rotatable bonds is 3. The maximum atomic E-state index is 12.2. The lowest BCUT2D eigenvalue weighted by atomic mass is 9.47. The van der Waals surface area contributed by atoms with Crippen molar-refractivity contribution in [2.75, 3.05) is 19.8 Å². The molecule has 4 nitrogen and oxygen atoms in total. The van der Waals surface area contributed by atoms with E-state index in [0.29, 0.717) is 32.2 Å². The van der Waals surface area contributed by atoms with Crippen molar-refractivity contribution in [3.8, 4) is 0 Å². The molecule has 0 radical (unpaired) electrons. The van der Waals surface area contributed by atoms with Crippen molar-refractivity contribution in [3.63, 3.8) is 0 Å². The van der Waals surface area contributed by atoms with Crippen molar-refractivity contribution >= 4 is 5.97 Å². The molecule has 3 rings (SSSR count). The average Bonchev–Trinajstić information content (AvgIpc) is 2.97. The molecule has 1 saturated heterocycles. The van der Waals surface area contributed by atoms with Gasteiger partial charge in [-0.3, -0.25) is 4.79 Å². The SMILES string of the molecule is C=C1CC[C@]2(C)[C@@H](CCCC23OCCO3)[C@]1(C)CC(=O)OCC. The lowest BCUT2D eigenvalue weighted by molar-refractivity contribution is -0.286. The van der Waals surface area contributed by atoms with E-state index in [-0.39, 0.29) is 16.8 Å². The summed E-state index contributed by atoms with van der Waals surface area (Å²) in [5, 5.41) is 0. The minimum atomic E-state index is -0.466. The van der Waals surface area contributed by atoms with Gasteiger partial charge in [0.1, 0.15) is 0 Å². The van der Waals surface area contributed by atoms with Crippen molar-refractivity contribution in [1.82, 2.24) is 0 Å². The van der Waals surface area contributed by atoms with Crippen LogP contribution in [0.15, 0.2) is 12.2 Å². The maximum Gasteiger partial charge on any atom is 0.306 e. The van der Waals surface area contributed by atoms with E-state index in [2.05, 4.69) is 20.4 Å². The van der Waals surface area contributed by atoms with Gasteiger partial charge in [0.2, 0.25) is 0 Å². The van der Waals surface area contributed by atoms with E-state index in [1.165, 1.54) is 5.57 Å². The zero-order valence-corrected chi connectivity index (χ0v) is 14.8. The third-order valence-electron chi connectivity index (χ3n) is 6.73. The van der Waals surface area contributed by atoms with Gasteiger partial charge in [-0.15, -0.1) is 0 Å². The molecule has 1 heterocycles. The second-order valence-corrected chi connectivity index (χ2v) is 7.81. The summed E-state index contributed by atoms with van der Waals surface area (Å²) < 4.78 is 17.6. The Labute approximate surface area is 139 Å². The van der Waals surface area contributed by atoms with Gasteiger partial charge in [0.05, 0.1) is 26.2 Å². The molecule has 4 heteroatoms. The van der Waals surface area contributed by atoms with Crippen molar-refractivity contribution < 1.29 is 19.0 Å². The second kappa shape index (κ2) is 5.89. The normalized spacial score (nSPS) is 39.3. The highest BCUT2D eigenvalue weighted by Gasteiger charge is 2.64. The molecule has 1 aliphatic heterocycles. The number of esters is 1. The second-order valence-electron chi connectivity index (χ2n) is 7.81. The molecule has 0 aromatic heterocycles. The Hall–Kier alpha value is -0.870. The average molecular weight is 322 g/mol. The number of allylic oxidation sites excluding steroid dienone is 1. The highest BCUT2D eigenvalue weighted by atomic mass is 16.7. The first kappa shape index (κ1) is 17.0. The fraction of sp³-hybridized carbons (Fsp3) is 0.842. The van der Waals surface area contributed by atoms with Crippen LogP contribution >= 0.6 is 0 Å². The summed E-state index contributed by atoms with van der Waals surface area (Å²) in [7, 11) is 0. The zero-order chi connectivity index (χ0) is 16.7. The van der Waals surface area contributed by atoms with E-state index in [9.17, 15) is 4.79 Å². The van der Waals surface area contributed by atoms with E-state index in [1.807, 2.05) is 6.92 Å². The van der Waals surface area contributed by atoms with E-state index in [1.54, 1.807) is 0 Å². The number of carbonyl (C=O) groups excluding carboxylic acids is 1. The van der Waals surface area contributed by atoms with Gasteiger partial charge in [-0.25, -0.2) is 0 Å². The molecule has 3 aliphatic rings. The van der Waals surface area contributed by atoms with Gasteiger partial charge in [-0.05, 0) is 38.5 Å². The Morgan fingerprint density at radius 1 is 1.30 bits per heavy atom. The van der Waals surface area contributed by atoms with Crippen LogP contribution in [-0.2, 0) is 19.0 Å². The molecule has 0 unspecified atom stereocenters. The predicted molar refractivity (Wildman–Crippen MR) is 87.8 cm³/mol. The fourth-order valence-electron chi connectivity index (χ4n) is 5.43. The maximum absolute atomic E-state index is 12.2. The molecule has 0 amide bonds. The Balaban J connectivity index is 1.94. The van der Waals surface area contributed by atoms with Crippen LogP contribution in [0.1, 0.15) is 59.3 Å².